The molecule has 0 aromatic rings. The highest BCUT2D eigenvalue weighted by molar-refractivity contribution is 5.82. The van der Waals surface area contributed by atoms with E-state index in [9.17, 15) is 19.5 Å². The van der Waals surface area contributed by atoms with Crippen LogP contribution in [-0.4, -0.2) is 60.1 Å². The number of rotatable bonds is 20. The second-order valence-corrected chi connectivity index (χ2v) is 14.1. The zero-order chi connectivity index (χ0) is 31.9. The van der Waals surface area contributed by atoms with E-state index in [0.717, 1.165) is 51.4 Å². The van der Waals surface area contributed by atoms with Crippen LogP contribution >= 0.6 is 0 Å². The van der Waals surface area contributed by atoms with Gasteiger partial charge in [-0.1, -0.05) is 105 Å². The largest absolute Gasteiger partial charge is 0.481 e. The lowest BCUT2D eigenvalue weighted by atomic mass is 9.84. The molecule has 9 nitrogen and oxygen atoms in total. The third kappa shape index (κ3) is 13.3. The summed E-state index contributed by atoms with van der Waals surface area (Å²) in [6.45, 7) is 12.1. The Morgan fingerprint density at radius 2 is 1.44 bits per heavy atom. The minimum atomic E-state index is -0.959. The summed E-state index contributed by atoms with van der Waals surface area (Å²) in [4.78, 5) is 38.7. The molecule has 4 N–H and O–H groups in total. The zero-order valence-corrected chi connectivity index (χ0v) is 28.1. The molecule has 0 radical (unpaired) electrons. The Labute approximate surface area is 261 Å². The van der Waals surface area contributed by atoms with Gasteiger partial charge in [0.15, 0.2) is 5.79 Å². The summed E-state index contributed by atoms with van der Waals surface area (Å²) in [6.07, 6.45) is 17.0. The molecule has 43 heavy (non-hydrogen) atoms. The topological polar surface area (TPSA) is 126 Å². The molecular weight excluding hydrogens is 546 g/mol. The predicted molar refractivity (Wildman–Crippen MR) is 171 cm³/mol. The summed E-state index contributed by atoms with van der Waals surface area (Å²) >= 11 is 0. The number of hydrogen-bond acceptors (Lipinski definition) is 5. The van der Waals surface area contributed by atoms with Gasteiger partial charge in [0.05, 0.1) is 12.5 Å². The van der Waals surface area contributed by atoms with Crippen LogP contribution in [0.5, 0.6) is 0 Å². The molecule has 5 unspecified atom stereocenters. The first-order valence-corrected chi connectivity index (χ1v) is 17.3. The number of nitrogens with one attached hydrogen (secondary N) is 3. The van der Waals surface area contributed by atoms with E-state index >= 15 is 0 Å². The second-order valence-electron chi connectivity index (χ2n) is 14.1. The quantitative estimate of drug-likeness (QED) is 0.111. The Balaban J connectivity index is 1.90. The number of ether oxygens (including phenoxy) is 2. The van der Waals surface area contributed by atoms with Crippen molar-refractivity contribution in [2.45, 2.75) is 168 Å². The Bertz CT molecular complexity index is 848. The van der Waals surface area contributed by atoms with Crippen LogP contribution in [0.15, 0.2) is 0 Å². The SMILES string of the molecule is CCCCCCCCCCC(CCCCC)NC(=O)NC1CCCC1C(CNC(=O)C1OC(C)(C)OCC1(C)C)C(=O)O. The fourth-order valence-electron chi connectivity index (χ4n) is 6.55. The molecule has 1 saturated heterocycles. The second kappa shape index (κ2) is 18.8. The third-order valence-electron chi connectivity index (χ3n) is 9.25. The molecule has 2 aliphatic rings. The number of aliphatic carboxylic acids is 1. The number of urea groups is 1. The fraction of sp³-hybridized carbons (Fsp3) is 0.912. The lowest BCUT2D eigenvalue weighted by Gasteiger charge is -2.44. The van der Waals surface area contributed by atoms with Gasteiger partial charge in [-0.05, 0) is 45.4 Å². The summed E-state index contributed by atoms with van der Waals surface area (Å²) in [6, 6.07) is -0.314. The maximum Gasteiger partial charge on any atom is 0.315 e. The minimum absolute atomic E-state index is 0.00601. The maximum absolute atomic E-state index is 13.2. The van der Waals surface area contributed by atoms with Gasteiger partial charge in [-0.15, -0.1) is 0 Å². The van der Waals surface area contributed by atoms with Crippen molar-refractivity contribution in [3.63, 3.8) is 0 Å². The highest BCUT2D eigenvalue weighted by Gasteiger charge is 2.46. The lowest BCUT2D eigenvalue weighted by Crippen LogP contribution is -2.57. The maximum atomic E-state index is 13.2. The monoisotopic (exact) mass is 609 g/mol. The molecule has 0 spiro atoms. The first-order chi connectivity index (χ1) is 20.4. The van der Waals surface area contributed by atoms with Crippen LogP contribution in [0.1, 0.15) is 144 Å². The van der Waals surface area contributed by atoms with Crippen LogP contribution in [0.4, 0.5) is 4.79 Å². The van der Waals surface area contributed by atoms with E-state index in [1.807, 2.05) is 13.8 Å². The van der Waals surface area contributed by atoms with Crippen molar-refractivity contribution in [2.75, 3.05) is 13.2 Å². The first-order valence-electron chi connectivity index (χ1n) is 17.3. The number of hydrogen-bond donors (Lipinski definition) is 4. The van der Waals surface area contributed by atoms with Crippen LogP contribution in [0.2, 0.25) is 0 Å². The van der Waals surface area contributed by atoms with Crippen molar-refractivity contribution in [1.82, 2.24) is 16.0 Å². The van der Waals surface area contributed by atoms with E-state index < -0.39 is 29.2 Å². The standard InChI is InChI=1S/C34H63N3O6/c1-7-9-11-12-13-14-15-17-20-25(19-16-10-8-2)36-32(41)37-28-22-18-21-26(28)27(31(39)40)23-35-30(38)29-33(3,4)24-42-34(5,6)43-29/h25-29H,7-24H2,1-6H3,(H,35,38)(H,39,40)(H2,36,37,41). The van der Waals surface area contributed by atoms with Gasteiger partial charge in [-0.25, -0.2) is 4.79 Å². The van der Waals surface area contributed by atoms with E-state index in [1.54, 1.807) is 13.8 Å². The Kier molecular flexibility index (Phi) is 16.3. The Hall–Kier alpha value is -1.87. The molecule has 1 aliphatic heterocycles. The van der Waals surface area contributed by atoms with E-state index in [-0.39, 0.29) is 36.5 Å². The number of amides is 3. The number of unbranched alkanes of at least 4 members (excludes halogenated alkanes) is 9. The van der Waals surface area contributed by atoms with Gasteiger partial charge < -0.3 is 30.5 Å². The molecule has 5 atom stereocenters. The summed E-state index contributed by atoms with van der Waals surface area (Å²) in [7, 11) is 0. The molecule has 1 heterocycles. The van der Waals surface area contributed by atoms with Gasteiger partial charge in [0.25, 0.3) is 0 Å². The highest BCUT2D eigenvalue weighted by Crippen LogP contribution is 2.36. The van der Waals surface area contributed by atoms with Crippen LogP contribution in [0.3, 0.4) is 0 Å². The van der Waals surface area contributed by atoms with Crippen LogP contribution < -0.4 is 16.0 Å². The smallest absolute Gasteiger partial charge is 0.315 e. The van der Waals surface area contributed by atoms with E-state index in [2.05, 4.69) is 29.8 Å². The molecule has 0 bridgehead atoms. The average Bonchev–Trinajstić information content (AvgIpc) is 3.38. The van der Waals surface area contributed by atoms with Crippen LogP contribution in [0, 0.1) is 17.3 Å². The number of carbonyl (C=O) groups is 3. The Morgan fingerprint density at radius 1 is 0.860 bits per heavy atom. The van der Waals surface area contributed by atoms with Crippen molar-refractivity contribution in [2.24, 2.45) is 17.3 Å². The van der Waals surface area contributed by atoms with Gasteiger partial charge in [-0.2, -0.15) is 0 Å². The van der Waals surface area contributed by atoms with Crippen molar-refractivity contribution >= 4 is 17.9 Å². The van der Waals surface area contributed by atoms with Crippen LogP contribution in [0.25, 0.3) is 0 Å². The van der Waals surface area contributed by atoms with Gasteiger partial charge in [0.2, 0.25) is 5.91 Å². The number of carbonyl (C=O) groups excluding carboxylic acids is 2. The average molecular weight is 610 g/mol. The molecule has 1 saturated carbocycles. The van der Waals surface area contributed by atoms with E-state index in [1.165, 1.54) is 44.9 Å². The molecule has 2 rings (SSSR count). The fourth-order valence-corrected chi connectivity index (χ4v) is 6.55. The minimum Gasteiger partial charge on any atom is -0.481 e. The summed E-state index contributed by atoms with van der Waals surface area (Å²) < 4.78 is 11.6. The summed E-state index contributed by atoms with van der Waals surface area (Å²) in [5, 5.41) is 19.3. The van der Waals surface area contributed by atoms with Crippen molar-refractivity contribution < 1.29 is 29.0 Å². The zero-order valence-electron chi connectivity index (χ0n) is 28.1. The molecule has 3 amide bonds. The lowest BCUT2D eigenvalue weighted by molar-refractivity contribution is -0.304. The first kappa shape index (κ1) is 37.3. The predicted octanol–water partition coefficient (Wildman–Crippen LogP) is 6.93. The summed E-state index contributed by atoms with van der Waals surface area (Å²) in [5.41, 5.74) is -0.545. The molecule has 250 valence electrons. The van der Waals surface area contributed by atoms with Crippen molar-refractivity contribution in [3.8, 4) is 0 Å². The van der Waals surface area contributed by atoms with Gasteiger partial charge in [0.1, 0.15) is 6.10 Å². The molecular formula is C34H63N3O6. The summed E-state index contributed by atoms with van der Waals surface area (Å²) in [5.74, 6) is -3.23. The molecule has 0 aromatic heterocycles. The molecule has 2 fully saturated rings. The van der Waals surface area contributed by atoms with Gasteiger partial charge in [0, 0.05) is 24.0 Å². The van der Waals surface area contributed by atoms with Crippen LogP contribution in [-0.2, 0) is 19.1 Å². The van der Waals surface area contributed by atoms with Crippen molar-refractivity contribution in [3.05, 3.63) is 0 Å². The molecule has 9 heteroatoms. The van der Waals surface area contributed by atoms with Gasteiger partial charge in [-0.3, -0.25) is 9.59 Å². The third-order valence-corrected chi connectivity index (χ3v) is 9.25. The van der Waals surface area contributed by atoms with E-state index in [0.29, 0.717) is 13.0 Å². The van der Waals surface area contributed by atoms with E-state index in [4.69, 9.17) is 9.47 Å². The van der Waals surface area contributed by atoms with Crippen molar-refractivity contribution in [1.29, 1.82) is 0 Å². The van der Waals surface area contributed by atoms with Gasteiger partial charge >= 0.3 is 12.0 Å². The number of carboxylic acids is 1. The molecule has 0 aromatic carbocycles. The Morgan fingerprint density at radius 3 is 2.07 bits per heavy atom. The molecule has 1 aliphatic carbocycles. The normalized spacial score (nSPS) is 24.2. The number of carboxylic acid groups (broad SMARTS) is 1. The highest BCUT2D eigenvalue weighted by atomic mass is 16.7.